The van der Waals surface area contributed by atoms with Gasteiger partial charge in [0.15, 0.2) is 0 Å². The number of benzene rings is 2. The SMILES string of the molecule is Cl.NCCCOC1CCN(C(=O)c2ccc3ccccc3c2)CC1. The summed E-state index contributed by atoms with van der Waals surface area (Å²) in [4.78, 5) is 14.6. The molecular formula is C19H25ClN2O2. The molecule has 0 saturated carbocycles. The first kappa shape index (κ1) is 18.7. The van der Waals surface area contributed by atoms with Crippen LogP contribution in [0.15, 0.2) is 42.5 Å². The summed E-state index contributed by atoms with van der Waals surface area (Å²) < 4.78 is 5.80. The molecule has 0 spiro atoms. The van der Waals surface area contributed by atoms with Gasteiger partial charge in [0.2, 0.25) is 0 Å². The minimum absolute atomic E-state index is 0. The number of hydrogen-bond acceptors (Lipinski definition) is 3. The van der Waals surface area contributed by atoms with Gasteiger partial charge in [-0.25, -0.2) is 0 Å². The maximum absolute atomic E-state index is 12.7. The minimum Gasteiger partial charge on any atom is -0.378 e. The molecule has 0 aromatic heterocycles. The standard InChI is InChI=1S/C19H24N2O2.ClH/c20-10-3-13-23-18-8-11-21(12-9-18)19(22)17-7-6-15-4-1-2-5-16(15)14-17;/h1-2,4-7,14,18H,3,8-13,20H2;1H. The largest absolute Gasteiger partial charge is 0.378 e. The van der Waals surface area contributed by atoms with E-state index in [0.29, 0.717) is 6.54 Å². The Balaban J connectivity index is 0.00000208. The predicted molar refractivity (Wildman–Crippen MR) is 99.7 cm³/mol. The van der Waals surface area contributed by atoms with Gasteiger partial charge in [-0.15, -0.1) is 12.4 Å². The topological polar surface area (TPSA) is 55.6 Å². The number of halogens is 1. The van der Waals surface area contributed by atoms with Crippen molar-refractivity contribution >= 4 is 29.1 Å². The van der Waals surface area contributed by atoms with E-state index in [4.69, 9.17) is 10.5 Å². The van der Waals surface area contributed by atoms with Crippen LogP contribution in [0.2, 0.25) is 0 Å². The first-order valence-corrected chi connectivity index (χ1v) is 8.37. The molecule has 1 heterocycles. The summed E-state index contributed by atoms with van der Waals surface area (Å²) in [6.07, 6.45) is 2.98. The second-order valence-corrected chi connectivity index (χ2v) is 6.07. The predicted octanol–water partition coefficient (Wildman–Crippen LogP) is 3.23. The van der Waals surface area contributed by atoms with Crippen LogP contribution in [0.5, 0.6) is 0 Å². The molecule has 0 radical (unpaired) electrons. The fourth-order valence-electron chi connectivity index (χ4n) is 3.06. The van der Waals surface area contributed by atoms with E-state index in [2.05, 4.69) is 6.07 Å². The van der Waals surface area contributed by atoms with Crippen molar-refractivity contribution in [3.05, 3.63) is 48.0 Å². The molecule has 24 heavy (non-hydrogen) atoms. The molecule has 1 aliphatic heterocycles. The zero-order valence-electron chi connectivity index (χ0n) is 13.8. The van der Waals surface area contributed by atoms with E-state index in [9.17, 15) is 4.79 Å². The number of nitrogens with zero attached hydrogens (tertiary/aromatic N) is 1. The van der Waals surface area contributed by atoms with Crippen molar-refractivity contribution in [1.29, 1.82) is 0 Å². The van der Waals surface area contributed by atoms with Crippen LogP contribution in [0, 0.1) is 0 Å². The van der Waals surface area contributed by atoms with Crippen LogP contribution < -0.4 is 5.73 Å². The van der Waals surface area contributed by atoms with Gasteiger partial charge in [0.05, 0.1) is 6.10 Å². The molecule has 0 aliphatic carbocycles. The molecule has 2 aromatic carbocycles. The highest BCUT2D eigenvalue weighted by molar-refractivity contribution is 5.98. The van der Waals surface area contributed by atoms with Crippen LogP contribution in [0.3, 0.4) is 0 Å². The Kier molecular flexibility index (Phi) is 7.03. The van der Waals surface area contributed by atoms with E-state index < -0.39 is 0 Å². The smallest absolute Gasteiger partial charge is 0.253 e. The van der Waals surface area contributed by atoms with Gasteiger partial charge < -0.3 is 15.4 Å². The Morgan fingerprint density at radius 1 is 1.12 bits per heavy atom. The quantitative estimate of drug-likeness (QED) is 0.844. The van der Waals surface area contributed by atoms with Crippen LogP contribution in [-0.2, 0) is 4.74 Å². The third-order valence-corrected chi connectivity index (χ3v) is 4.43. The van der Waals surface area contributed by atoms with Crippen LogP contribution in [0.1, 0.15) is 29.6 Å². The maximum atomic E-state index is 12.7. The van der Waals surface area contributed by atoms with Gasteiger partial charge in [0, 0.05) is 25.3 Å². The van der Waals surface area contributed by atoms with Gasteiger partial charge >= 0.3 is 0 Å². The Labute approximate surface area is 149 Å². The fraction of sp³-hybridized carbons (Fsp3) is 0.421. The van der Waals surface area contributed by atoms with E-state index in [0.717, 1.165) is 55.3 Å². The van der Waals surface area contributed by atoms with Crippen LogP contribution in [0.4, 0.5) is 0 Å². The number of amides is 1. The van der Waals surface area contributed by atoms with Gasteiger partial charge in [0.25, 0.3) is 5.91 Å². The number of hydrogen-bond donors (Lipinski definition) is 1. The highest BCUT2D eigenvalue weighted by Crippen LogP contribution is 2.20. The lowest BCUT2D eigenvalue weighted by molar-refractivity contribution is 0.00845. The third kappa shape index (κ3) is 4.47. The highest BCUT2D eigenvalue weighted by Gasteiger charge is 2.24. The molecule has 0 atom stereocenters. The average Bonchev–Trinajstić information content (AvgIpc) is 2.61. The van der Waals surface area contributed by atoms with Crippen LogP contribution in [-0.4, -0.2) is 43.2 Å². The molecule has 0 bridgehead atoms. The molecule has 5 heteroatoms. The first-order chi connectivity index (χ1) is 11.3. The summed E-state index contributed by atoms with van der Waals surface area (Å²) in [7, 11) is 0. The van der Waals surface area contributed by atoms with E-state index in [1.165, 1.54) is 0 Å². The minimum atomic E-state index is 0. The number of nitrogens with two attached hydrogens (primary N) is 1. The fourth-order valence-corrected chi connectivity index (χ4v) is 3.06. The summed E-state index contributed by atoms with van der Waals surface area (Å²) in [6.45, 7) is 2.91. The number of likely N-dealkylation sites (tertiary alicyclic amines) is 1. The molecule has 2 aromatic rings. The summed E-state index contributed by atoms with van der Waals surface area (Å²) in [5.41, 5.74) is 6.25. The van der Waals surface area contributed by atoms with Crippen LogP contribution in [0.25, 0.3) is 10.8 Å². The number of carbonyl (C=O) groups is 1. The monoisotopic (exact) mass is 348 g/mol. The van der Waals surface area contributed by atoms with Gasteiger partial charge in [-0.05, 0) is 48.7 Å². The number of fused-ring (bicyclic) bond motifs is 1. The normalized spacial score (nSPS) is 15.3. The Bertz CT molecular complexity index is 669. The van der Waals surface area contributed by atoms with Crippen molar-refractivity contribution in [2.75, 3.05) is 26.2 Å². The van der Waals surface area contributed by atoms with Crippen LogP contribution >= 0.6 is 12.4 Å². The number of carbonyl (C=O) groups excluding carboxylic acids is 1. The Morgan fingerprint density at radius 2 is 1.83 bits per heavy atom. The average molecular weight is 349 g/mol. The zero-order chi connectivity index (χ0) is 16.1. The van der Waals surface area contributed by atoms with Gasteiger partial charge in [-0.3, -0.25) is 4.79 Å². The Hall–Kier alpha value is -1.62. The van der Waals surface area contributed by atoms with Crippen molar-refractivity contribution < 1.29 is 9.53 Å². The van der Waals surface area contributed by atoms with E-state index in [-0.39, 0.29) is 24.4 Å². The number of piperidine rings is 1. The van der Waals surface area contributed by atoms with Gasteiger partial charge in [-0.1, -0.05) is 30.3 Å². The van der Waals surface area contributed by atoms with Crippen molar-refractivity contribution in [1.82, 2.24) is 4.90 Å². The second kappa shape index (κ2) is 9.02. The summed E-state index contributed by atoms with van der Waals surface area (Å²) >= 11 is 0. The van der Waals surface area contributed by atoms with E-state index in [1.54, 1.807) is 0 Å². The van der Waals surface area contributed by atoms with Crippen molar-refractivity contribution in [2.24, 2.45) is 5.73 Å². The van der Waals surface area contributed by atoms with Crippen molar-refractivity contribution in [3.8, 4) is 0 Å². The summed E-state index contributed by atoms with van der Waals surface area (Å²) in [5, 5.41) is 2.27. The molecule has 1 fully saturated rings. The summed E-state index contributed by atoms with van der Waals surface area (Å²) in [6, 6.07) is 14.1. The molecule has 1 amide bonds. The first-order valence-electron chi connectivity index (χ1n) is 8.37. The second-order valence-electron chi connectivity index (χ2n) is 6.07. The molecule has 0 unspecified atom stereocenters. The molecule has 1 saturated heterocycles. The molecule has 3 rings (SSSR count). The third-order valence-electron chi connectivity index (χ3n) is 4.43. The van der Waals surface area contributed by atoms with E-state index in [1.807, 2.05) is 41.3 Å². The lowest BCUT2D eigenvalue weighted by Crippen LogP contribution is -2.41. The lowest BCUT2D eigenvalue weighted by Gasteiger charge is -2.32. The van der Waals surface area contributed by atoms with Crippen molar-refractivity contribution in [2.45, 2.75) is 25.4 Å². The van der Waals surface area contributed by atoms with Crippen molar-refractivity contribution in [3.63, 3.8) is 0 Å². The molecule has 130 valence electrons. The Morgan fingerprint density at radius 3 is 2.54 bits per heavy atom. The molecule has 4 nitrogen and oxygen atoms in total. The van der Waals surface area contributed by atoms with E-state index >= 15 is 0 Å². The lowest BCUT2D eigenvalue weighted by atomic mass is 10.0. The molecule has 1 aliphatic rings. The summed E-state index contributed by atoms with van der Waals surface area (Å²) in [5.74, 6) is 0.121. The highest BCUT2D eigenvalue weighted by atomic mass is 35.5. The van der Waals surface area contributed by atoms with Gasteiger partial charge in [-0.2, -0.15) is 0 Å². The molecular weight excluding hydrogens is 324 g/mol. The molecule has 2 N–H and O–H groups in total. The number of rotatable bonds is 5. The zero-order valence-corrected chi connectivity index (χ0v) is 14.6. The number of ether oxygens (including phenoxy) is 1. The van der Waals surface area contributed by atoms with Gasteiger partial charge in [0.1, 0.15) is 0 Å². The maximum Gasteiger partial charge on any atom is 0.253 e.